The van der Waals surface area contributed by atoms with Crippen LogP contribution in [0, 0.1) is 5.95 Å². The Hall–Kier alpha value is -2.73. The van der Waals surface area contributed by atoms with Crippen molar-refractivity contribution in [2.45, 2.75) is 37.8 Å². The molecule has 1 saturated heterocycles. The smallest absolute Gasteiger partial charge is 0.255 e. The average molecular weight is 503 g/mol. The zero-order valence-corrected chi connectivity index (χ0v) is 20.5. The molecule has 1 aromatic carbocycles. The van der Waals surface area contributed by atoms with Gasteiger partial charge in [0.2, 0.25) is 0 Å². The van der Waals surface area contributed by atoms with Crippen LogP contribution in [-0.4, -0.2) is 83.5 Å². The number of aromatic hydroxyl groups is 1. The highest BCUT2D eigenvalue weighted by atomic mass is 32.2. The Balaban J connectivity index is 0.00000289. The molecule has 1 atom stereocenters. The minimum Gasteiger partial charge on any atom is -0.504 e. The summed E-state index contributed by atoms with van der Waals surface area (Å²) in [5, 5.41) is 14.2. The molecule has 2 aromatic heterocycles. The molecule has 3 aromatic rings. The molecular weight excluding hydrogens is 471 g/mol. The maximum atomic E-state index is 13.4. The zero-order valence-electron chi connectivity index (χ0n) is 19.7. The van der Waals surface area contributed by atoms with Crippen molar-refractivity contribution < 1.29 is 19.2 Å². The van der Waals surface area contributed by atoms with E-state index in [1.807, 2.05) is 22.5 Å². The summed E-state index contributed by atoms with van der Waals surface area (Å²) in [5.74, 6) is -0.567. The van der Waals surface area contributed by atoms with Crippen LogP contribution in [0.15, 0.2) is 36.8 Å². The van der Waals surface area contributed by atoms with Crippen LogP contribution in [0.2, 0.25) is 0 Å². The predicted octanol–water partition coefficient (Wildman–Crippen LogP) is 2.35. The van der Waals surface area contributed by atoms with Crippen LogP contribution < -0.4 is 5.32 Å². The van der Waals surface area contributed by atoms with Crippen molar-refractivity contribution in [1.29, 1.82) is 0 Å². The highest BCUT2D eigenvalue weighted by Crippen LogP contribution is 2.31. The normalized spacial score (nSPS) is 22.5. The van der Waals surface area contributed by atoms with E-state index in [0.717, 1.165) is 74.1 Å². The first-order valence-electron chi connectivity index (χ1n) is 11.7. The fourth-order valence-corrected chi connectivity index (χ4v) is 5.73. The lowest BCUT2D eigenvalue weighted by Crippen LogP contribution is -2.51. The van der Waals surface area contributed by atoms with Crippen LogP contribution >= 0.6 is 0 Å². The SMILES string of the molecule is CS(=O)N1CCN(C2CCC(Nc3ncnc4ccc(-c5cnc(F)c(O)c5)cc34)CC2)CC1.O. The van der Waals surface area contributed by atoms with E-state index in [9.17, 15) is 13.7 Å². The highest BCUT2D eigenvalue weighted by Gasteiger charge is 2.29. The van der Waals surface area contributed by atoms with Crippen LogP contribution in [0.1, 0.15) is 25.7 Å². The molecule has 1 aliphatic carbocycles. The maximum Gasteiger partial charge on any atom is 0.255 e. The molecule has 2 aliphatic rings. The van der Waals surface area contributed by atoms with Gasteiger partial charge in [0.15, 0.2) is 5.75 Å². The standard InChI is InChI=1S/C24H29FN6O2S.H2O/c1-34(33)31-10-8-30(9-11-31)19-5-3-18(4-6-19)29-24-20-12-16(2-7-21(20)27-15-28-24)17-13-22(32)23(25)26-14-17;/h2,7,12-15,18-19,32H,3-6,8-11H2,1H3,(H,27,28,29);1H2. The third kappa shape index (κ3) is 5.58. The van der Waals surface area contributed by atoms with E-state index in [1.54, 1.807) is 12.6 Å². The van der Waals surface area contributed by atoms with Crippen LogP contribution in [-0.2, 0) is 11.0 Å². The van der Waals surface area contributed by atoms with Crippen molar-refractivity contribution >= 4 is 27.7 Å². The van der Waals surface area contributed by atoms with E-state index in [4.69, 9.17) is 0 Å². The Morgan fingerprint density at radius 3 is 2.46 bits per heavy atom. The van der Waals surface area contributed by atoms with Gasteiger partial charge in [0, 0.05) is 61.7 Å². The zero-order chi connectivity index (χ0) is 23.7. The van der Waals surface area contributed by atoms with Gasteiger partial charge in [0.05, 0.1) is 16.5 Å². The second kappa shape index (κ2) is 10.9. The number of piperazine rings is 1. The molecular formula is C24H31FN6O3S. The lowest BCUT2D eigenvalue weighted by atomic mass is 9.89. The number of fused-ring (bicyclic) bond motifs is 1. The van der Waals surface area contributed by atoms with Crippen LogP contribution in [0.3, 0.4) is 0 Å². The molecule has 0 spiro atoms. The summed E-state index contributed by atoms with van der Waals surface area (Å²) in [6, 6.07) is 8.02. The highest BCUT2D eigenvalue weighted by molar-refractivity contribution is 7.81. The number of nitrogens with one attached hydrogen (secondary N) is 1. The molecule has 11 heteroatoms. The number of halogens is 1. The van der Waals surface area contributed by atoms with Crippen molar-refractivity contribution in [1.82, 2.24) is 24.2 Å². The van der Waals surface area contributed by atoms with E-state index in [-0.39, 0.29) is 5.48 Å². The average Bonchev–Trinajstić information content (AvgIpc) is 2.86. The molecule has 35 heavy (non-hydrogen) atoms. The summed E-state index contributed by atoms with van der Waals surface area (Å²) in [7, 11) is -0.876. The molecule has 1 unspecified atom stereocenters. The fourth-order valence-electron chi connectivity index (χ4n) is 5.05. The first-order chi connectivity index (χ1) is 16.5. The lowest BCUT2D eigenvalue weighted by Gasteiger charge is -2.41. The van der Waals surface area contributed by atoms with Crippen molar-refractivity contribution in [3.8, 4) is 16.9 Å². The summed E-state index contributed by atoms with van der Waals surface area (Å²) in [4.78, 5) is 15.1. The molecule has 3 heterocycles. The molecule has 0 amide bonds. The summed E-state index contributed by atoms with van der Waals surface area (Å²) in [5.41, 5.74) is 2.26. The number of benzene rings is 1. The summed E-state index contributed by atoms with van der Waals surface area (Å²) < 4.78 is 27.1. The number of hydrogen-bond donors (Lipinski definition) is 2. The number of rotatable bonds is 5. The Labute approximate surface area is 206 Å². The van der Waals surface area contributed by atoms with Crippen LogP contribution in [0.25, 0.3) is 22.0 Å². The largest absolute Gasteiger partial charge is 0.504 e. The van der Waals surface area contributed by atoms with Crippen molar-refractivity contribution in [3.05, 3.63) is 42.7 Å². The van der Waals surface area contributed by atoms with Gasteiger partial charge in [0.1, 0.15) is 12.1 Å². The van der Waals surface area contributed by atoms with Gasteiger partial charge in [-0.3, -0.25) is 4.90 Å². The molecule has 5 rings (SSSR count). The van der Waals surface area contributed by atoms with E-state index in [0.29, 0.717) is 17.6 Å². The number of hydrogen-bond acceptors (Lipinski definition) is 7. The quantitative estimate of drug-likeness (QED) is 0.513. The Morgan fingerprint density at radius 1 is 1.03 bits per heavy atom. The van der Waals surface area contributed by atoms with Gasteiger partial charge in [-0.1, -0.05) is 6.07 Å². The summed E-state index contributed by atoms with van der Waals surface area (Å²) in [6.07, 6.45) is 9.11. The van der Waals surface area contributed by atoms with E-state index < -0.39 is 22.7 Å². The molecule has 9 nitrogen and oxygen atoms in total. The first kappa shape index (κ1) is 25.4. The Kier molecular flexibility index (Phi) is 7.90. The number of anilines is 1. The minimum atomic E-state index is -0.881. The third-order valence-corrected chi connectivity index (χ3v) is 8.07. The maximum absolute atomic E-state index is 13.4. The summed E-state index contributed by atoms with van der Waals surface area (Å²) >= 11 is 0. The molecule has 0 radical (unpaired) electrons. The van der Waals surface area contributed by atoms with Gasteiger partial charge in [-0.2, -0.15) is 4.39 Å². The van der Waals surface area contributed by atoms with Crippen molar-refractivity contribution in [2.75, 3.05) is 37.8 Å². The molecule has 1 saturated carbocycles. The van der Waals surface area contributed by atoms with Gasteiger partial charge in [0.25, 0.3) is 5.95 Å². The molecule has 188 valence electrons. The van der Waals surface area contributed by atoms with Gasteiger partial charge in [-0.15, -0.1) is 0 Å². The number of pyridine rings is 1. The van der Waals surface area contributed by atoms with Gasteiger partial charge in [-0.05, 0) is 49.4 Å². The van der Waals surface area contributed by atoms with Crippen molar-refractivity contribution in [2.24, 2.45) is 0 Å². The second-order valence-corrected chi connectivity index (χ2v) is 10.4. The Morgan fingerprint density at radius 2 is 1.77 bits per heavy atom. The third-order valence-electron chi connectivity index (χ3n) is 6.98. The number of nitrogens with zero attached hydrogens (tertiary/aromatic N) is 5. The topological polar surface area (TPSA) is 126 Å². The second-order valence-electron chi connectivity index (χ2n) is 9.03. The first-order valence-corrected chi connectivity index (χ1v) is 13.2. The van der Waals surface area contributed by atoms with E-state index in [1.165, 1.54) is 12.3 Å². The summed E-state index contributed by atoms with van der Waals surface area (Å²) in [6.45, 7) is 3.71. The lowest BCUT2D eigenvalue weighted by molar-refractivity contribution is 0.111. The minimum absolute atomic E-state index is 0. The molecule has 2 fully saturated rings. The van der Waals surface area contributed by atoms with Crippen molar-refractivity contribution in [3.63, 3.8) is 0 Å². The van der Waals surface area contributed by atoms with Crippen LogP contribution in [0.5, 0.6) is 5.75 Å². The molecule has 0 bridgehead atoms. The van der Waals surface area contributed by atoms with Gasteiger partial charge >= 0.3 is 0 Å². The monoisotopic (exact) mass is 502 g/mol. The number of aromatic nitrogens is 3. The van der Waals surface area contributed by atoms with E-state index >= 15 is 0 Å². The van der Waals surface area contributed by atoms with E-state index in [2.05, 4.69) is 25.2 Å². The molecule has 1 aliphatic heterocycles. The Bertz CT molecular complexity index is 1200. The predicted molar refractivity (Wildman–Crippen MR) is 135 cm³/mol. The molecule has 4 N–H and O–H groups in total. The van der Waals surface area contributed by atoms with Crippen LogP contribution in [0.4, 0.5) is 10.2 Å². The van der Waals surface area contributed by atoms with Gasteiger partial charge < -0.3 is 15.9 Å². The van der Waals surface area contributed by atoms with Gasteiger partial charge in [-0.25, -0.2) is 23.5 Å². The fraction of sp³-hybridized carbons (Fsp3) is 0.458.